The number of carbonyl (C=O) groups excluding carboxylic acids is 1. The van der Waals surface area contributed by atoms with Crippen molar-refractivity contribution in [3.8, 4) is 0 Å². The van der Waals surface area contributed by atoms with Crippen LogP contribution in [0.25, 0.3) is 0 Å². The fourth-order valence-electron chi connectivity index (χ4n) is 3.91. The molecule has 5 heteroatoms. The number of hydrogen-bond donors (Lipinski definition) is 2. The number of nitrogens with two attached hydrogens (primary N) is 1. The molecule has 0 bridgehead atoms. The zero-order valence-electron chi connectivity index (χ0n) is 12.1. The Morgan fingerprint density at radius 2 is 2.19 bits per heavy atom. The van der Waals surface area contributed by atoms with E-state index in [0.29, 0.717) is 18.6 Å². The number of carbonyl (C=O) groups is 1. The fourth-order valence-corrected chi connectivity index (χ4v) is 3.91. The minimum absolute atomic E-state index is 0.0804. The zero-order valence-corrected chi connectivity index (χ0v) is 12.1. The molecular weight excluding hydrogens is 266 g/mol. The summed E-state index contributed by atoms with van der Waals surface area (Å²) in [4.78, 5) is 13.9. The van der Waals surface area contributed by atoms with Crippen LogP contribution in [0.2, 0.25) is 0 Å². The molecule has 1 aromatic rings. The number of benzene rings is 1. The predicted molar refractivity (Wildman–Crippen MR) is 82.5 cm³/mol. The van der Waals surface area contributed by atoms with Crippen molar-refractivity contribution >= 4 is 23.0 Å². The number of hydrogen-bond acceptors (Lipinski definition) is 4. The fraction of sp³-hybridized carbons (Fsp3) is 0.562. The second-order valence-electron chi connectivity index (χ2n) is 6.22. The minimum Gasteiger partial charge on any atom is -0.397 e. The van der Waals surface area contributed by atoms with Crippen molar-refractivity contribution in [1.29, 1.82) is 0 Å². The number of ether oxygens (including phenoxy) is 1. The first-order valence-corrected chi connectivity index (χ1v) is 7.83. The molecule has 4 rings (SSSR count). The topological polar surface area (TPSA) is 67.6 Å². The van der Waals surface area contributed by atoms with Gasteiger partial charge in [0.05, 0.1) is 30.1 Å². The van der Waals surface area contributed by atoms with E-state index in [1.165, 1.54) is 18.4 Å². The number of nitrogens with one attached hydrogen (secondary N) is 1. The molecule has 2 heterocycles. The van der Waals surface area contributed by atoms with Crippen LogP contribution < -0.4 is 16.0 Å². The van der Waals surface area contributed by atoms with Crippen molar-refractivity contribution in [2.45, 2.75) is 44.2 Å². The van der Waals surface area contributed by atoms with Gasteiger partial charge in [0.2, 0.25) is 5.91 Å². The van der Waals surface area contributed by atoms with Crippen LogP contribution in [0.1, 0.15) is 31.2 Å². The van der Waals surface area contributed by atoms with Gasteiger partial charge in [-0.3, -0.25) is 4.79 Å². The Morgan fingerprint density at radius 1 is 1.29 bits per heavy atom. The lowest BCUT2D eigenvalue weighted by Crippen LogP contribution is -2.49. The van der Waals surface area contributed by atoms with Gasteiger partial charge in [-0.2, -0.15) is 0 Å². The summed E-state index contributed by atoms with van der Waals surface area (Å²) in [6, 6.07) is 4.55. The van der Waals surface area contributed by atoms with Gasteiger partial charge in [0.15, 0.2) is 0 Å². The highest BCUT2D eigenvalue weighted by Crippen LogP contribution is 2.38. The highest BCUT2D eigenvalue weighted by molar-refractivity contribution is 5.95. The number of amides is 1. The molecule has 0 spiro atoms. The van der Waals surface area contributed by atoms with E-state index < -0.39 is 0 Å². The monoisotopic (exact) mass is 287 g/mol. The Balaban J connectivity index is 1.70. The van der Waals surface area contributed by atoms with Crippen LogP contribution in [0.3, 0.4) is 0 Å². The van der Waals surface area contributed by atoms with E-state index in [2.05, 4.69) is 16.3 Å². The van der Waals surface area contributed by atoms with Crippen molar-refractivity contribution in [2.75, 3.05) is 29.1 Å². The highest BCUT2D eigenvalue weighted by atomic mass is 16.5. The Kier molecular flexibility index (Phi) is 3.03. The van der Waals surface area contributed by atoms with Gasteiger partial charge in [-0.1, -0.05) is 0 Å². The van der Waals surface area contributed by atoms with Gasteiger partial charge in [-0.15, -0.1) is 0 Å². The molecule has 1 saturated heterocycles. The van der Waals surface area contributed by atoms with Crippen molar-refractivity contribution in [3.05, 3.63) is 17.7 Å². The maximum absolute atomic E-state index is 11.5. The normalized spacial score (nSPS) is 28.0. The van der Waals surface area contributed by atoms with E-state index in [1.54, 1.807) is 0 Å². The molecule has 5 nitrogen and oxygen atoms in total. The summed E-state index contributed by atoms with van der Waals surface area (Å²) in [5.41, 5.74) is 10.2. The van der Waals surface area contributed by atoms with Crippen molar-refractivity contribution in [1.82, 2.24) is 0 Å². The molecule has 2 aliphatic heterocycles. The third kappa shape index (κ3) is 2.16. The molecule has 2 atom stereocenters. The molecule has 112 valence electrons. The lowest BCUT2D eigenvalue weighted by atomic mass is 9.99. The van der Waals surface area contributed by atoms with E-state index in [4.69, 9.17) is 10.5 Å². The largest absolute Gasteiger partial charge is 0.397 e. The van der Waals surface area contributed by atoms with Gasteiger partial charge in [-0.05, 0) is 43.4 Å². The number of aryl methyl sites for hydroxylation is 1. The Hall–Kier alpha value is -1.75. The zero-order chi connectivity index (χ0) is 14.4. The molecule has 21 heavy (non-hydrogen) atoms. The van der Waals surface area contributed by atoms with Crippen LogP contribution >= 0.6 is 0 Å². The molecule has 0 radical (unpaired) electrons. The predicted octanol–water partition coefficient (Wildman–Crippen LogP) is 1.91. The number of anilines is 3. The number of morpholine rings is 1. The third-order valence-electron chi connectivity index (χ3n) is 4.94. The van der Waals surface area contributed by atoms with E-state index >= 15 is 0 Å². The van der Waals surface area contributed by atoms with Crippen LogP contribution in [-0.2, 0) is 16.0 Å². The number of nitrogens with zero attached hydrogens (tertiary/aromatic N) is 1. The minimum atomic E-state index is 0.0804. The van der Waals surface area contributed by atoms with E-state index in [0.717, 1.165) is 43.1 Å². The van der Waals surface area contributed by atoms with Crippen LogP contribution in [0.4, 0.5) is 17.1 Å². The Bertz CT molecular complexity index is 587. The number of fused-ring (bicyclic) bond motifs is 2. The summed E-state index contributed by atoms with van der Waals surface area (Å²) >= 11 is 0. The van der Waals surface area contributed by atoms with Crippen molar-refractivity contribution in [3.63, 3.8) is 0 Å². The average Bonchev–Trinajstić information content (AvgIpc) is 2.95. The van der Waals surface area contributed by atoms with Crippen molar-refractivity contribution < 1.29 is 9.53 Å². The van der Waals surface area contributed by atoms with Gasteiger partial charge in [0, 0.05) is 18.7 Å². The van der Waals surface area contributed by atoms with Gasteiger partial charge >= 0.3 is 0 Å². The van der Waals surface area contributed by atoms with Crippen LogP contribution in [0.15, 0.2) is 12.1 Å². The molecule has 1 saturated carbocycles. The smallest absolute Gasteiger partial charge is 0.224 e. The summed E-state index contributed by atoms with van der Waals surface area (Å²) in [7, 11) is 0. The molecule has 1 amide bonds. The summed E-state index contributed by atoms with van der Waals surface area (Å²) in [5, 5.41) is 2.92. The second kappa shape index (κ2) is 4.91. The number of nitrogen functional groups attached to an aromatic ring is 1. The van der Waals surface area contributed by atoms with Crippen LogP contribution in [-0.4, -0.2) is 31.2 Å². The standard InChI is InChI=1S/C16H21N3O2/c17-11-9-12-10(4-5-16(20)18-12)8-14(11)19-6-7-21-15-3-1-2-13(15)19/h8-9,13,15H,1-7,17H2,(H,18,20). The lowest BCUT2D eigenvalue weighted by molar-refractivity contribution is -0.116. The van der Waals surface area contributed by atoms with Gasteiger partial charge in [0.25, 0.3) is 0 Å². The lowest BCUT2D eigenvalue weighted by Gasteiger charge is -2.40. The molecule has 1 aromatic carbocycles. The van der Waals surface area contributed by atoms with E-state index in [1.807, 2.05) is 6.07 Å². The highest BCUT2D eigenvalue weighted by Gasteiger charge is 2.37. The molecular formula is C16H21N3O2. The molecule has 1 aliphatic carbocycles. The Labute approximate surface area is 124 Å². The Morgan fingerprint density at radius 3 is 3.10 bits per heavy atom. The summed E-state index contributed by atoms with van der Waals surface area (Å²) in [6.07, 6.45) is 5.28. The summed E-state index contributed by atoms with van der Waals surface area (Å²) in [5.74, 6) is 0.0804. The van der Waals surface area contributed by atoms with Crippen LogP contribution in [0, 0.1) is 0 Å². The first-order chi connectivity index (χ1) is 10.2. The maximum atomic E-state index is 11.5. The second-order valence-corrected chi connectivity index (χ2v) is 6.22. The molecule has 3 aliphatic rings. The van der Waals surface area contributed by atoms with E-state index in [-0.39, 0.29) is 5.91 Å². The first kappa shape index (κ1) is 13.0. The SMILES string of the molecule is Nc1cc2c(cc1N1CCOC3CCCC31)CCC(=O)N2. The van der Waals surface area contributed by atoms with E-state index in [9.17, 15) is 4.79 Å². The average molecular weight is 287 g/mol. The molecule has 2 unspecified atom stereocenters. The molecule has 0 aromatic heterocycles. The third-order valence-corrected chi connectivity index (χ3v) is 4.94. The molecule has 3 N–H and O–H groups in total. The molecule has 2 fully saturated rings. The quantitative estimate of drug-likeness (QED) is 0.774. The van der Waals surface area contributed by atoms with Crippen molar-refractivity contribution in [2.24, 2.45) is 0 Å². The van der Waals surface area contributed by atoms with Gasteiger partial charge < -0.3 is 20.7 Å². The number of rotatable bonds is 1. The summed E-state index contributed by atoms with van der Waals surface area (Å²) < 4.78 is 5.88. The summed E-state index contributed by atoms with van der Waals surface area (Å²) in [6.45, 7) is 1.67. The first-order valence-electron chi connectivity index (χ1n) is 7.83. The van der Waals surface area contributed by atoms with Gasteiger partial charge in [0.1, 0.15) is 0 Å². The van der Waals surface area contributed by atoms with Crippen LogP contribution in [0.5, 0.6) is 0 Å². The maximum Gasteiger partial charge on any atom is 0.224 e. The van der Waals surface area contributed by atoms with Gasteiger partial charge in [-0.25, -0.2) is 0 Å².